The van der Waals surface area contributed by atoms with Crippen LogP contribution in [-0.4, -0.2) is 17.4 Å². The SMILES string of the molecule is CC(=[NH2+])CCCCO. The lowest BCUT2D eigenvalue weighted by atomic mass is 10.2. The summed E-state index contributed by atoms with van der Waals surface area (Å²) in [6, 6.07) is 0. The molecule has 0 bridgehead atoms. The fourth-order valence-corrected chi connectivity index (χ4v) is 0.516. The second-order valence-electron chi connectivity index (χ2n) is 2.03. The van der Waals surface area contributed by atoms with Crippen molar-refractivity contribution in [2.45, 2.75) is 26.2 Å². The molecule has 0 radical (unpaired) electrons. The molecule has 0 atom stereocenters. The Morgan fingerprint density at radius 2 is 2.12 bits per heavy atom. The first kappa shape index (κ1) is 7.63. The predicted octanol–water partition coefficient (Wildman–Crippen LogP) is -0.631. The first-order chi connectivity index (χ1) is 3.77. The summed E-state index contributed by atoms with van der Waals surface area (Å²) in [5, 5.41) is 13.7. The number of aliphatic hydroxyl groups is 1. The molecule has 2 nitrogen and oxygen atoms in total. The molecule has 0 fully saturated rings. The quantitative estimate of drug-likeness (QED) is 0.373. The van der Waals surface area contributed by atoms with Crippen LogP contribution in [0.1, 0.15) is 26.2 Å². The molecule has 0 spiro atoms. The average molecular weight is 116 g/mol. The van der Waals surface area contributed by atoms with E-state index in [0.29, 0.717) is 0 Å². The van der Waals surface area contributed by atoms with E-state index in [9.17, 15) is 0 Å². The zero-order chi connectivity index (χ0) is 6.41. The van der Waals surface area contributed by atoms with Crippen molar-refractivity contribution in [3.63, 3.8) is 0 Å². The minimum absolute atomic E-state index is 0.285. The molecule has 0 rings (SSSR count). The maximum atomic E-state index is 8.33. The van der Waals surface area contributed by atoms with Crippen LogP contribution in [0.3, 0.4) is 0 Å². The number of aliphatic hydroxyl groups excluding tert-OH is 1. The molecule has 0 aromatic rings. The van der Waals surface area contributed by atoms with E-state index < -0.39 is 0 Å². The summed E-state index contributed by atoms with van der Waals surface area (Å²) in [5.74, 6) is 0. The van der Waals surface area contributed by atoms with Crippen molar-refractivity contribution in [2.75, 3.05) is 6.61 Å². The largest absolute Gasteiger partial charge is 0.396 e. The number of nitrogens with two attached hydrogens (primary N) is 1. The fraction of sp³-hybridized carbons (Fsp3) is 0.833. The highest BCUT2D eigenvalue weighted by Crippen LogP contribution is 1.92. The van der Waals surface area contributed by atoms with Gasteiger partial charge in [0.25, 0.3) is 0 Å². The minimum atomic E-state index is 0.285. The highest BCUT2D eigenvalue weighted by molar-refractivity contribution is 5.75. The van der Waals surface area contributed by atoms with Crippen LogP contribution in [0.2, 0.25) is 0 Å². The Labute approximate surface area is 50.0 Å². The summed E-state index contributed by atoms with van der Waals surface area (Å²) < 4.78 is 0. The molecule has 0 heterocycles. The van der Waals surface area contributed by atoms with Crippen LogP contribution >= 0.6 is 0 Å². The van der Waals surface area contributed by atoms with Crippen molar-refractivity contribution in [2.24, 2.45) is 0 Å². The van der Waals surface area contributed by atoms with Crippen molar-refractivity contribution in [1.82, 2.24) is 0 Å². The second-order valence-corrected chi connectivity index (χ2v) is 2.03. The Morgan fingerprint density at radius 3 is 2.50 bits per heavy atom. The molecule has 0 aliphatic rings. The maximum Gasteiger partial charge on any atom is 0.145 e. The van der Waals surface area contributed by atoms with E-state index in [1.54, 1.807) is 0 Å². The Morgan fingerprint density at radius 1 is 1.50 bits per heavy atom. The molecule has 0 unspecified atom stereocenters. The van der Waals surface area contributed by atoms with Crippen LogP contribution < -0.4 is 5.41 Å². The number of unbranched alkanes of at least 4 members (excludes halogenated alkanes) is 1. The number of hydrogen-bond acceptors (Lipinski definition) is 1. The molecular weight excluding hydrogens is 102 g/mol. The molecule has 0 aliphatic carbocycles. The van der Waals surface area contributed by atoms with Crippen molar-refractivity contribution in [1.29, 1.82) is 0 Å². The molecule has 0 aromatic carbocycles. The van der Waals surface area contributed by atoms with Gasteiger partial charge in [-0.15, -0.1) is 0 Å². The van der Waals surface area contributed by atoms with E-state index in [1.165, 1.54) is 0 Å². The molecule has 0 amide bonds. The zero-order valence-corrected chi connectivity index (χ0v) is 5.35. The smallest absolute Gasteiger partial charge is 0.145 e. The Balaban J connectivity index is 2.82. The zero-order valence-electron chi connectivity index (χ0n) is 5.35. The lowest BCUT2D eigenvalue weighted by Crippen LogP contribution is -2.37. The number of hydrogen-bond donors (Lipinski definition) is 2. The molecular formula is C6H14NO+. The van der Waals surface area contributed by atoms with E-state index in [0.717, 1.165) is 25.0 Å². The van der Waals surface area contributed by atoms with Gasteiger partial charge in [-0.05, 0) is 12.8 Å². The van der Waals surface area contributed by atoms with Crippen molar-refractivity contribution >= 4 is 5.71 Å². The third kappa shape index (κ3) is 5.63. The van der Waals surface area contributed by atoms with E-state index in [-0.39, 0.29) is 6.61 Å². The molecule has 0 saturated heterocycles. The van der Waals surface area contributed by atoms with Gasteiger partial charge in [-0.1, -0.05) is 0 Å². The predicted molar refractivity (Wildman–Crippen MR) is 33.5 cm³/mol. The van der Waals surface area contributed by atoms with Gasteiger partial charge in [0.15, 0.2) is 0 Å². The lowest BCUT2D eigenvalue weighted by Gasteiger charge is -1.89. The molecule has 8 heavy (non-hydrogen) atoms. The van der Waals surface area contributed by atoms with Gasteiger partial charge in [0.2, 0.25) is 0 Å². The van der Waals surface area contributed by atoms with Crippen LogP contribution in [0, 0.1) is 0 Å². The standard InChI is InChI=1S/C6H13NO/c1-6(7)4-2-3-5-8/h7-8H,2-5H2,1H3/p+1. The van der Waals surface area contributed by atoms with Gasteiger partial charge in [0.1, 0.15) is 5.71 Å². The normalized spacial score (nSPS) is 9.25. The Kier molecular flexibility index (Phi) is 4.56. The van der Waals surface area contributed by atoms with E-state index >= 15 is 0 Å². The summed E-state index contributed by atoms with van der Waals surface area (Å²) in [5.41, 5.74) is 0.957. The monoisotopic (exact) mass is 116 g/mol. The van der Waals surface area contributed by atoms with Gasteiger partial charge in [0.05, 0.1) is 0 Å². The fourth-order valence-electron chi connectivity index (χ4n) is 0.516. The van der Waals surface area contributed by atoms with Crippen LogP contribution in [0.5, 0.6) is 0 Å². The lowest BCUT2D eigenvalue weighted by molar-refractivity contribution is -0.117. The van der Waals surface area contributed by atoms with Gasteiger partial charge in [-0.2, -0.15) is 0 Å². The topological polar surface area (TPSA) is 45.8 Å². The molecule has 0 aliphatic heterocycles. The molecule has 2 heteroatoms. The van der Waals surface area contributed by atoms with Gasteiger partial charge < -0.3 is 5.11 Å². The third-order valence-electron chi connectivity index (χ3n) is 0.979. The van der Waals surface area contributed by atoms with Crippen LogP contribution in [-0.2, 0) is 0 Å². The summed E-state index contributed by atoms with van der Waals surface area (Å²) in [6.07, 6.45) is 2.83. The van der Waals surface area contributed by atoms with E-state index in [4.69, 9.17) is 10.5 Å². The average Bonchev–Trinajstić information content (AvgIpc) is 1.66. The van der Waals surface area contributed by atoms with Gasteiger partial charge in [-0.25, -0.2) is 0 Å². The Bertz CT molecular complexity index is 70.9. The summed E-state index contributed by atoms with van der Waals surface area (Å²) in [6.45, 7) is 2.19. The molecule has 0 aromatic heterocycles. The minimum Gasteiger partial charge on any atom is -0.396 e. The summed E-state index contributed by atoms with van der Waals surface area (Å²) in [7, 11) is 0. The summed E-state index contributed by atoms with van der Waals surface area (Å²) >= 11 is 0. The van der Waals surface area contributed by atoms with Gasteiger partial charge >= 0.3 is 0 Å². The molecule has 48 valence electrons. The van der Waals surface area contributed by atoms with E-state index in [2.05, 4.69) is 0 Å². The van der Waals surface area contributed by atoms with Gasteiger partial charge in [-0.3, -0.25) is 5.41 Å². The third-order valence-corrected chi connectivity index (χ3v) is 0.979. The van der Waals surface area contributed by atoms with Gasteiger partial charge in [0, 0.05) is 20.0 Å². The first-order valence-corrected chi connectivity index (χ1v) is 2.96. The van der Waals surface area contributed by atoms with E-state index in [1.807, 2.05) is 6.92 Å². The van der Waals surface area contributed by atoms with Crippen molar-refractivity contribution in [3.05, 3.63) is 0 Å². The summed E-state index contributed by atoms with van der Waals surface area (Å²) in [4.78, 5) is 0. The number of rotatable bonds is 4. The second kappa shape index (κ2) is 4.78. The molecule has 0 saturated carbocycles. The van der Waals surface area contributed by atoms with Crippen molar-refractivity contribution in [3.8, 4) is 0 Å². The van der Waals surface area contributed by atoms with Crippen LogP contribution in [0.4, 0.5) is 0 Å². The Hall–Kier alpha value is -0.370. The van der Waals surface area contributed by atoms with Crippen LogP contribution in [0.15, 0.2) is 0 Å². The highest BCUT2D eigenvalue weighted by Gasteiger charge is 1.91. The van der Waals surface area contributed by atoms with Crippen LogP contribution in [0.25, 0.3) is 0 Å². The maximum absolute atomic E-state index is 8.33. The first-order valence-electron chi connectivity index (χ1n) is 2.96. The molecule has 3 N–H and O–H groups in total. The van der Waals surface area contributed by atoms with Crippen molar-refractivity contribution < 1.29 is 10.5 Å². The highest BCUT2D eigenvalue weighted by atomic mass is 16.2.